The van der Waals surface area contributed by atoms with E-state index >= 15 is 0 Å². The van der Waals surface area contributed by atoms with Gasteiger partial charge in [0.15, 0.2) is 0 Å². The number of ether oxygens (including phenoxy) is 2. The van der Waals surface area contributed by atoms with E-state index in [1.54, 1.807) is 14.2 Å². The fraction of sp³-hybridized carbons (Fsp3) is 1.00. The van der Waals surface area contributed by atoms with E-state index in [1.807, 2.05) is 0 Å². The third-order valence-corrected chi connectivity index (χ3v) is 2.16. The lowest BCUT2D eigenvalue weighted by Crippen LogP contribution is -2.44. The SMILES string of the molecule is CCCNC(COC)C(CC)OC. The van der Waals surface area contributed by atoms with E-state index in [0.717, 1.165) is 19.4 Å². The number of rotatable bonds is 8. The Morgan fingerprint density at radius 1 is 1.23 bits per heavy atom. The molecule has 0 aromatic rings. The molecule has 3 nitrogen and oxygen atoms in total. The summed E-state index contributed by atoms with van der Waals surface area (Å²) in [6, 6.07) is 0.319. The van der Waals surface area contributed by atoms with E-state index in [1.165, 1.54) is 0 Å². The van der Waals surface area contributed by atoms with Gasteiger partial charge in [-0.25, -0.2) is 0 Å². The maximum absolute atomic E-state index is 5.37. The van der Waals surface area contributed by atoms with Crippen molar-refractivity contribution in [2.45, 2.75) is 38.8 Å². The molecule has 0 radical (unpaired) electrons. The molecule has 2 atom stereocenters. The molecule has 0 amide bonds. The van der Waals surface area contributed by atoms with Crippen molar-refractivity contribution in [1.82, 2.24) is 5.32 Å². The zero-order chi connectivity index (χ0) is 10.1. The lowest BCUT2D eigenvalue weighted by Gasteiger charge is -2.25. The molecule has 0 aliphatic rings. The molecule has 0 aromatic heterocycles. The van der Waals surface area contributed by atoms with Crippen molar-refractivity contribution >= 4 is 0 Å². The molecule has 0 rings (SSSR count). The summed E-state index contributed by atoms with van der Waals surface area (Å²) in [5.74, 6) is 0. The highest BCUT2D eigenvalue weighted by molar-refractivity contribution is 4.75. The molecule has 0 bridgehead atoms. The summed E-state index contributed by atoms with van der Waals surface area (Å²) in [7, 11) is 3.48. The highest BCUT2D eigenvalue weighted by Gasteiger charge is 2.18. The summed E-state index contributed by atoms with van der Waals surface area (Å²) in [6.07, 6.45) is 2.41. The van der Waals surface area contributed by atoms with Crippen LogP contribution in [0.4, 0.5) is 0 Å². The van der Waals surface area contributed by atoms with Crippen LogP contribution < -0.4 is 5.32 Å². The van der Waals surface area contributed by atoms with Gasteiger partial charge >= 0.3 is 0 Å². The van der Waals surface area contributed by atoms with Gasteiger partial charge in [-0.1, -0.05) is 13.8 Å². The molecule has 3 heteroatoms. The first-order chi connectivity index (χ1) is 6.29. The van der Waals surface area contributed by atoms with Gasteiger partial charge in [-0.2, -0.15) is 0 Å². The molecule has 0 fully saturated rings. The minimum Gasteiger partial charge on any atom is -0.383 e. The molecule has 0 spiro atoms. The molecule has 0 saturated heterocycles. The monoisotopic (exact) mass is 189 g/mol. The maximum atomic E-state index is 5.37. The molecule has 80 valence electrons. The Morgan fingerprint density at radius 2 is 1.92 bits per heavy atom. The quantitative estimate of drug-likeness (QED) is 0.626. The summed E-state index contributed by atoms with van der Waals surface area (Å²) in [6.45, 7) is 6.02. The van der Waals surface area contributed by atoms with Crippen LogP contribution in [0, 0.1) is 0 Å². The van der Waals surface area contributed by atoms with Gasteiger partial charge in [0.25, 0.3) is 0 Å². The molecule has 2 unspecified atom stereocenters. The third kappa shape index (κ3) is 5.24. The van der Waals surface area contributed by atoms with Crippen molar-refractivity contribution in [2.24, 2.45) is 0 Å². The number of hydrogen-bond acceptors (Lipinski definition) is 3. The Labute approximate surface area is 81.8 Å². The molecular weight excluding hydrogens is 166 g/mol. The summed E-state index contributed by atoms with van der Waals surface area (Å²) in [4.78, 5) is 0. The summed E-state index contributed by atoms with van der Waals surface area (Å²) >= 11 is 0. The molecule has 13 heavy (non-hydrogen) atoms. The van der Waals surface area contributed by atoms with Crippen molar-refractivity contribution in [3.05, 3.63) is 0 Å². The van der Waals surface area contributed by atoms with E-state index in [9.17, 15) is 0 Å². The summed E-state index contributed by atoms with van der Waals surface area (Å²) < 4.78 is 10.5. The lowest BCUT2D eigenvalue weighted by atomic mass is 10.1. The first-order valence-corrected chi connectivity index (χ1v) is 5.05. The van der Waals surface area contributed by atoms with E-state index < -0.39 is 0 Å². The van der Waals surface area contributed by atoms with Crippen LogP contribution in [0.5, 0.6) is 0 Å². The second-order valence-corrected chi connectivity index (χ2v) is 3.20. The molecule has 0 saturated carbocycles. The fourth-order valence-electron chi connectivity index (χ4n) is 1.42. The Morgan fingerprint density at radius 3 is 2.31 bits per heavy atom. The van der Waals surface area contributed by atoms with Crippen molar-refractivity contribution in [3.8, 4) is 0 Å². The summed E-state index contributed by atoms with van der Waals surface area (Å²) in [5.41, 5.74) is 0. The summed E-state index contributed by atoms with van der Waals surface area (Å²) in [5, 5.41) is 3.42. The third-order valence-electron chi connectivity index (χ3n) is 2.16. The van der Waals surface area contributed by atoms with Crippen LogP contribution in [0.2, 0.25) is 0 Å². The smallest absolute Gasteiger partial charge is 0.0744 e. The highest BCUT2D eigenvalue weighted by atomic mass is 16.5. The van der Waals surface area contributed by atoms with Gasteiger partial charge in [-0.15, -0.1) is 0 Å². The van der Waals surface area contributed by atoms with Crippen molar-refractivity contribution in [1.29, 1.82) is 0 Å². The molecule has 0 heterocycles. The van der Waals surface area contributed by atoms with Crippen LogP contribution in [-0.4, -0.2) is 39.5 Å². The predicted octanol–water partition coefficient (Wildman–Crippen LogP) is 1.43. The average Bonchev–Trinajstić information content (AvgIpc) is 2.16. The second-order valence-electron chi connectivity index (χ2n) is 3.20. The van der Waals surface area contributed by atoms with Crippen LogP contribution in [0.1, 0.15) is 26.7 Å². The lowest BCUT2D eigenvalue weighted by molar-refractivity contribution is 0.0323. The van der Waals surface area contributed by atoms with Crippen LogP contribution in [0.15, 0.2) is 0 Å². The number of methoxy groups -OCH3 is 2. The molecular formula is C10H23NO2. The van der Waals surface area contributed by atoms with Gasteiger partial charge < -0.3 is 14.8 Å². The van der Waals surface area contributed by atoms with E-state index in [4.69, 9.17) is 9.47 Å². The van der Waals surface area contributed by atoms with Gasteiger partial charge in [0.2, 0.25) is 0 Å². The fourth-order valence-corrected chi connectivity index (χ4v) is 1.42. The van der Waals surface area contributed by atoms with E-state index in [2.05, 4.69) is 19.2 Å². The zero-order valence-electron chi connectivity index (χ0n) is 9.30. The van der Waals surface area contributed by atoms with E-state index in [0.29, 0.717) is 12.6 Å². The van der Waals surface area contributed by atoms with Crippen molar-refractivity contribution in [2.75, 3.05) is 27.4 Å². The minimum absolute atomic E-state index is 0.256. The van der Waals surface area contributed by atoms with Crippen LogP contribution in [0.25, 0.3) is 0 Å². The first kappa shape index (κ1) is 12.9. The normalized spacial score (nSPS) is 15.7. The van der Waals surface area contributed by atoms with Gasteiger partial charge in [-0.3, -0.25) is 0 Å². The minimum atomic E-state index is 0.256. The van der Waals surface area contributed by atoms with Gasteiger partial charge in [-0.05, 0) is 19.4 Å². The van der Waals surface area contributed by atoms with E-state index in [-0.39, 0.29) is 6.10 Å². The Balaban J connectivity index is 3.88. The second kappa shape index (κ2) is 8.48. The van der Waals surface area contributed by atoms with Gasteiger partial charge in [0.05, 0.1) is 18.8 Å². The van der Waals surface area contributed by atoms with Crippen LogP contribution in [-0.2, 0) is 9.47 Å². The molecule has 0 aromatic carbocycles. The number of hydrogen-bond donors (Lipinski definition) is 1. The zero-order valence-corrected chi connectivity index (χ0v) is 9.30. The van der Waals surface area contributed by atoms with Crippen LogP contribution in [0.3, 0.4) is 0 Å². The Hall–Kier alpha value is -0.120. The largest absolute Gasteiger partial charge is 0.383 e. The van der Waals surface area contributed by atoms with Crippen molar-refractivity contribution in [3.63, 3.8) is 0 Å². The Kier molecular flexibility index (Phi) is 8.40. The topological polar surface area (TPSA) is 30.5 Å². The Bertz CT molecular complexity index is 105. The van der Waals surface area contributed by atoms with Gasteiger partial charge in [0, 0.05) is 14.2 Å². The molecule has 0 aliphatic carbocycles. The van der Waals surface area contributed by atoms with Crippen LogP contribution >= 0.6 is 0 Å². The van der Waals surface area contributed by atoms with Crippen molar-refractivity contribution < 1.29 is 9.47 Å². The molecule has 0 aliphatic heterocycles. The predicted molar refractivity (Wildman–Crippen MR) is 55.0 cm³/mol. The first-order valence-electron chi connectivity index (χ1n) is 5.05. The highest BCUT2D eigenvalue weighted by Crippen LogP contribution is 2.03. The number of nitrogens with one attached hydrogen (secondary N) is 1. The average molecular weight is 189 g/mol. The van der Waals surface area contributed by atoms with Gasteiger partial charge in [0.1, 0.15) is 0 Å². The maximum Gasteiger partial charge on any atom is 0.0744 e. The standard InChI is InChI=1S/C10H23NO2/c1-5-7-11-9(8-12-3)10(6-2)13-4/h9-11H,5-8H2,1-4H3. The molecule has 1 N–H and O–H groups in total.